The molecule has 1 saturated heterocycles. The van der Waals surface area contributed by atoms with Crippen LogP contribution in [0.25, 0.3) is 0 Å². The fraction of sp³-hybridized carbons (Fsp3) is 0.600. The minimum atomic E-state index is -4.07. The first-order valence-corrected chi connectivity index (χ1v) is 7.15. The summed E-state index contributed by atoms with van der Waals surface area (Å²) in [6, 6.07) is 8.14. The van der Waals surface area contributed by atoms with Crippen molar-refractivity contribution in [1.82, 2.24) is 10.2 Å². The number of rotatable bonds is 1. The zero-order chi connectivity index (χ0) is 14.2. The predicted octanol–water partition coefficient (Wildman–Crippen LogP) is 3.11. The van der Waals surface area contributed by atoms with Gasteiger partial charge in [-0.25, -0.2) is 0 Å². The van der Waals surface area contributed by atoms with Crippen molar-refractivity contribution in [1.29, 1.82) is 0 Å². The van der Waals surface area contributed by atoms with Crippen molar-refractivity contribution in [2.75, 3.05) is 19.6 Å². The lowest BCUT2D eigenvalue weighted by Gasteiger charge is -2.41. The molecule has 0 spiro atoms. The van der Waals surface area contributed by atoms with Crippen LogP contribution in [0.2, 0.25) is 0 Å². The quantitative estimate of drug-likeness (QED) is 0.852. The Morgan fingerprint density at radius 3 is 2.80 bits per heavy atom. The first kappa shape index (κ1) is 13.9. The Hall–Kier alpha value is -1.07. The number of benzene rings is 1. The van der Waals surface area contributed by atoms with Crippen molar-refractivity contribution in [2.45, 2.75) is 31.6 Å². The smallest absolute Gasteiger partial charge is 0.311 e. The van der Waals surface area contributed by atoms with Crippen LogP contribution >= 0.6 is 0 Å². The van der Waals surface area contributed by atoms with E-state index in [2.05, 4.69) is 17.4 Å². The molecule has 2 aliphatic rings. The van der Waals surface area contributed by atoms with Crippen LogP contribution in [0.15, 0.2) is 24.3 Å². The molecule has 0 saturated carbocycles. The number of alkyl halides is 3. The van der Waals surface area contributed by atoms with Crippen molar-refractivity contribution in [3.8, 4) is 0 Å². The first-order valence-electron chi connectivity index (χ1n) is 7.15. The fourth-order valence-electron chi connectivity index (χ4n) is 3.36. The number of nitrogens with zero attached hydrogens (tertiary/aromatic N) is 1. The standard InChI is InChI=1S/C15H19F3N2/c16-15(17,18)12-5-3-7-20(10-12)14-9-19-8-11-4-1-2-6-13(11)14/h1-2,4,6,12,14,19H,3,5,7-10H2. The van der Waals surface area contributed by atoms with E-state index in [-0.39, 0.29) is 19.0 Å². The van der Waals surface area contributed by atoms with Gasteiger partial charge in [-0.1, -0.05) is 24.3 Å². The van der Waals surface area contributed by atoms with E-state index in [0.29, 0.717) is 6.42 Å². The second kappa shape index (κ2) is 5.37. The Morgan fingerprint density at radius 1 is 1.20 bits per heavy atom. The number of hydrogen-bond acceptors (Lipinski definition) is 2. The van der Waals surface area contributed by atoms with Gasteiger partial charge in [0, 0.05) is 25.7 Å². The molecule has 2 nitrogen and oxygen atoms in total. The van der Waals surface area contributed by atoms with Gasteiger partial charge in [0.25, 0.3) is 0 Å². The first-order chi connectivity index (χ1) is 9.55. The van der Waals surface area contributed by atoms with Crippen LogP contribution in [0, 0.1) is 5.92 Å². The van der Waals surface area contributed by atoms with Crippen molar-refractivity contribution in [2.24, 2.45) is 5.92 Å². The van der Waals surface area contributed by atoms with Gasteiger partial charge >= 0.3 is 6.18 Å². The van der Waals surface area contributed by atoms with Crippen LogP contribution in [0.5, 0.6) is 0 Å². The zero-order valence-corrected chi connectivity index (χ0v) is 11.3. The highest BCUT2D eigenvalue weighted by Crippen LogP contribution is 2.37. The van der Waals surface area contributed by atoms with E-state index in [1.165, 1.54) is 11.1 Å². The van der Waals surface area contributed by atoms with E-state index in [0.717, 1.165) is 19.6 Å². The summed E-state index contributed by atoms with van der Waals surface area (Å²) in [5.41, 5.74) is 2.40. The van der Waals surface area contributed by atoms with E-state index < -0.39 is 12.1 Å². The summed E-state index contributed by atoms with van der Waals surface area (Å²) < 4.78 is 38.8. The molecule has 0 bridgehead atoms. The Labute approximate surface area is 117 Å². The van der Waals surface area contributed by atoms with E-state index in [9.17, 15) is 13.2 Å². The SMILES string of the molecule is FC(F)(F)C1CCCN(C2CNCc3ccccc32)C1. The van der Waals surface area contributed by atoms with Crippen LogP contribution in [0.1, 0.15) is 30.0 Å². The molecular weight excluding hydrogens is 265 g/mol. The molecule has 0 amide bonds. The second-order valence-corrected chi connectivity index (χ2v) is 5.72. The van der Waals surface area contributed by atoms with Gasteiger partial charge in [-0.3, -0.25) is 4.90 Å². The molecule has 2 unspecified atom stereocenters. The van der Waals surface area contributed by atoms with Gasteiger partial charge in [-0.15, -0.1) is 0 Å². The molecule has 3 rings (SSSR count). The molecule has 1 fully saturated rings. The van der Waals surface area contributed by atoms with Gasteiger partial charge in [-0.2, -0.15) is 13.2 Å². The number of hydrogen-bond donors (Lipinski definition) is 1. The maximum Gasteiger partial charge on any atom is 0.393 e. The lowest BCUT2D eigenvalue weighted by atomic mass is 9.91. The monoisotopic (exact) mass is 284 g/mol. The third-order valence-corrected chi connectivity index (χ3v) is 4.42. The molecule has 2 aliphatic heterocycles. The fourth-order valence-corrected chi connectivity index (χ4v) is 3.36. The molecule has 20 heavy (non-hydrogen) atoms. The summed E-state index contributed by atoms with van der Waals surface area (Å²) in [7, 11) is 0. The maximum atomic E-state index is 12.9. The van der Waals surface area contributed by atoms with Crippen molar-refractivity contribution in [3.63, 3.8) is 0 Å². The van der Waals surface area contributed by atoms with Crippen LogP contribution in [-0.2, 0) is 6.54 Å². The normalized spacial score (nSPS) is 28.1. The number of halogens is 3. The van der Waals surface area contributed by atoms with Crippen LogP contribution in [0.4, 0.5) is 13.2 Å². The van der Waals surface area contributed by atoms with Gasteiger partial charge in [0.15, 0.2) is 0 Å². The average Bonchev–Trinajstić information content (AvgIpc) is 2.46. The predicted molar refractivity (Wildman–Crippen MR) is 71.2 cm³/mol. The number of piperidine rings is 1. The zero-order valence-electron chi connectivity index (χ0n) is 11.3. The van der Waals surface area contributed by atoms with Crippen molar-refractivity contribution in [3.05, 3.63) is 35.4 Å². The third kappa shape index (κ3) is 2.69. The molecule has 110 valence electrons. The van der Waals surface area contributed by atoms with Crippen molar-refractivity contribution < 1.29 is 13.2 Å². The van der Waals surface area contributed by atoms with Crippen LogP contribution < -0.4 is 5.32 Å². The van der Waals surface area contributed by atoms with Gasteiger partial charge in [0.05, 0.1) is 5.92 Å². The molecule has 0 aromatic heterocycles. The van der Waals surface area contributed by atoms with E-state index >= 15 is 0 Å². The molecule has 5 heteroatoms. The van der Waals surface area contributed by atoms with Gasteiger partial charge in [0.1, 0.15) is 0 Å². The van der Waals surface area contributed by atoms with E-state index in [1.54, 1.807) is 0 Å². The Morgan fingerprint density at radius 2 is 2.00 bits per heavy atom. The summed E-state index contributed by atoms with van der Waals surface area (Å²) >= 11 is 0. The minimum Gasteiger partial charge on any atom is -0.311 e. The second-order valence-electron chi connectivity index (χ2n) is 5.72. The minimum absolute atomic E-state index is 0.0742. The highest BCUT2D eigenvalue weighted by atomic mass is 19.4. The van der Waals surface area contributed by atoms with Gasteiger partial charge < -0.3 is 5.32 Å². The summed E-state index contributed by atoms with van der Waals surface area (Å²) in [5, 5.41) is 3.32. The summed E-state index contributed by atoms with van der Waals surface area (Å²) in [5.74, 6) is -1.18. The number of nitrogens with one attached hydrogen (secondary N) is 1. The lowest BCUT2D eigenvalue weighted by Crippen LogP contribution is -2.47. The largest absolute Gasteiger partial charge is 0.393 e. The summed E-state index contributed by atoms with van der Waals surface area (Å²) in [6.45, 7) is 2.43. The van der Waals surface area contributed by atoms with Gasteiger partial charge in [-0.05, 0) is 30.5 Å². The van der Waals surface area contributed by atoms with Crippen molar-refractivity contribution >= 4 is 0 Å². The highest BCUT2D eigenvalue weighted by molar-refractivity contribution is 5.32. The molecule has 0 radical (unpaired) electrons. The Balaban J connectivity index is 1.80. The molecular formula is C15H19F3N2. The van der Waals surface area contributed by atoms with Crippen LogP contribution in [0.3, 0.4) is 0 Å². The molecule has 2 heterocycles. The molecule has 2 atom stereocenters. The van der Waals surface area contributed by atoms with E-state index in [4.69, 9.17) is 0 Å². The molecule has 1 N–H and O–H groups in total. The number of likely N-dealkylation sites (tertiary alicyclic amines) is 1. The maximum absolute atomic E-state index is 12.9. The Bertz CT molecular complexity index is 472. The highest BCUT2D eigenvalue weighted by Gasteiger charge is 2.43. The van der Waals surface area contributed by atoms with Gasteiger partial charge in [0.2, 0.25) is 0 Å². The molecule has 0 aliphatic carbocycles. The topological polar surface area (TPSA) is 15.3 Å². The van der Waals surface area contributed by atoms with Crippen LogP contribution in [-0.4, -0.2) is 30.7 Å². The van der Waals surface area contributed by atoms with E-state index in [1.807, 2.05) is 17.0 Å². The Kier molecular flexibility index (Phi) is 3.73. The summed E-state index contributed by atoms with van der Waals surface area (Å²) in [4.78, 5) is 2.01. The third-order valence-electron chi connectivity index (χ3n) is 4.42. The lowest BCUT2D eigenvalue weighted by molar-refractivity contribution is -0.188. The molecule has 1 aromatic carbocycles. The summed E-state index contributed by atoms with van der Waals surface area (Å²) in [6.07, 6.45) is -3.18. The molecule has 1 aromatic rings. The number of fused-ring (bicyclic) bond motifs is 1. The average molecular weight is 284 g/mol.